The van der Waals surface area contributed by atoms with Crippen LogP contribution in [0.3, 0.4) is 0 Å². The largest absolute Gasteiger partial charge is 0.496 e. The highest BCUT2D eigenvalue weighted by atomic mass is 35.5. The molecule has 0 spiro atoms. The summed E-state index contributed by atoms with van der Waals surface area (Å²) >= 11 is 0. The molecule has 1 fully saturated rings. The molecule has 1 aliphatic carbocycles. The molecule has 0 bridgehead atoms. The molecule has 1 aromatic carbocycles. The molecule has 2 rings (SSSR count). The average molecular weight is 331 g/mol. The summed E-state index contributed by atoms with van der Waals surface area (Å²) in [6.07, 6.45) is 5.70. The van der Waals surface area contributed by atoms with Gasteiger partial charge in [-0.05, 0) is 30.9 Å². The summed E-state index contributed by atoms with van der Waals surface area (Å²) < 4.78 is 19.0. The van der Waals surface area contributed by atoms with E-state index in [2.05, 4.69) is 5.32 Å². The number of rotatable bonds is 5. The fourth-order valence-corrected chi connectivity index (χ4v) is 3.04. The number of nitrogens with two attached hydrogens (primary N) is 1. The number of benzene rings is 1. The highest BCUT2D eigenvalue weighted by Gasteiger charge is 2.26. The first-order valence-electron chi connectivity index (χ1n) is 7.50. The maximum Gasteiger partial charge on any atom is 0.258 e. The smallest absolute Gasteiger partial charge is 0.258 e. The first-order valence-corrected chi connectivity index (χ1v) is 7.50. The average Bonchev–Trinajstić information content (AvgIpc) is 2.52. The van der Waals surface area contributed by atoms with Crippen LogP contribution < -0.4 is 15.8 Å². The SMILES string of the molecule is COc1cccc(F)c1C(=O)NC(CN)C1CCCCC1.Cl. The third-order valence-corrected chi connectivity index (χ3v) is 4.21. The molecule has 1 unspecified atom stereocenters. The summed E-state index contributed by atoms with van der Waals surface area (Å²) in [4.78, 5) is 12.4. The van der Waals surface area contributed by atoms with Gasteiger partial charge in [-0.1, -0.05) is 25.3 Å². The van der Waals surface area contributed by atoms with Crippen LogP contribution in [-0.2, 0) is 0 Å². The molecule has 0 aliphatic heterocycles. The van der Waals surface area contributed by atoms with Crippen molar-refractivity contribution in [1.29, 1.82) is 0 Å². The normalized spacial score (nSPS) is 16.5. The van der Waals surface area contributed by atoms with Gasteiger partial charge in [0, 0.05) is 12.6 Å². The Morgan fingerprint density at radius 3 is 2.68 bits per heavy atom. The minimum Gasteiger partial charge on any atom is -0.496 e. The van der Waals surface area contributed by atoms with E-state index in [1.807, 2.05) is 0 Å². The molecule has 1 aliphatic rings. The van der Waals surface area contributed by atoms with E-state index in [9.17, 15) is 9.18 Å². The molecule has 1 amide bonds. The van der Waals surface area contributed by atoms with Crippen molar-refractivity contribution < 1.29 is 13.9 Å². The Balaban J connectivity index is 0.00000242. The van der Waals surface area contributed by atoms with Gasteiger partial charge in [-0.25, -0.2) is 4.39 Å². The first-order chi connectivity index (χ1) is 10.2. The Bertz CT molecular complexity index is 493. The monoisotopic (exact) mass is 330 g/mol. The number of halogens is 2. The maximum atomic E-state index is 13.9. The molecule has 0 heterocycles. The van der Waals surface area contributed by atoms with Crippen LogP contribution in [0.1, 0.15) is 42.5 Å². The van der Waals surface area contributed by atoms with Crippen LogP contribution in [0.25, 0.3) is 0 Å². The van der Waals surface area contributed by atoms with E-state index >= 15 is 0 Å². The summed E-state index contributed by atoms with van der Waals surface area (Å²) in [6.45, 7) is 0.368. The molecule has 3 N–H and O–H groups in total. The van der Waals surface area contributed by atoms with Gasteiger partial charge in [-0.15, -0.1) is 12.4 Å². The van der Waals surface area contributed by atoms with E-state index in [-0.39, 0.29) is 29.8 Å². The van der Waals surface area contributed by atoms with Crippen molar-refractivity contribution in [2.24, 2.45) is 11.7 Å². The van der Waals surface area contributed by atoms with Gasteiger partial charge in [-0.3, -0.25) is 4.79 Å². The summed E-state index contributed by atoms with van der Waals surface area (Å²) in [5.74, 6) is -0.408. The van der Waals surface area contributed by atoms with Crippen molar-refractivity contribution in [1.82, 2.24) is 5.32 Å². The zero-order valence-electron chi connectivity index (χ0n) is 12.8. The summed E-state index contributed by atoms with van der Waals surface area (Å²) in [7, 11) is 1.42. The predicted molar refractivity (Wildman–Crippen MR) is 87.1 cm³/mol. The number of hydrogen-bond donors (Lipinski definition) is 2. The highest BCUT2D eigenvalue weighted by Crippen LogP contribution is 2.27. The molecule has 1 atom stereocenters. The lowest BCUT2D eigenvalue weighted by atomic mass is 9.84. The van der Waals surface area contributed by atoms with E-state index in [4.69, 9.17) is 10.5 Å². The summed E-state index contributed by atoms with van der Waals surface area (Å²) in [6, 6.07) is 4.25. The highest BCUT2D eigenvalue weighted by molar-refractivity contribution is 5.97. The fourth-order valence-electron chi connectivity index (χ4n) is 3.04. The second-order valence-corrected chi connectivity index (χ2v) is 5.53. The topological polar surface area (TPSA) is 64.3 Å². The van der Waals surface area contributed by atoms with E-state index in [0.29, 0.717) is 12.5 Å². The second-order valence-electron chi connectivity index (χ2n) is 5.53. The standard InChI is InChI=1S/C16H23FN2O2.ClH/c1-21-14-9-5-8-12(17)15(14)16(20)19-13(10-18)11-6-3-2-4-7-11;/h5,8-9,11,13H,2-4,6-7,10,18H2,1H3,(H,19,20);1H. The third kappa shape index (κ3) is 4.34. The number of carbonyl (C=O) groups excluding carboxylic acids is 1. The molecule has 0 aromatic heterocycles. The number of hydrogen-bond acceptors (Lipinski definition) is 3. The van der Waals surface area contributed by atoms with Gasteiger partial charge in [0.15, 0.2) is 0 Å². The van der Waals surface area contributed by atoms with Gasteiger partial charge in [0.1, 0.15) is 17.1 Å². The van der Waals surface area contributed by atoms with Crippen LogP contribution in [0.5, 0.6) is 5.75 Å². The van der Waals surface area contributed by atoms with Crippen molar-refractivity contribution in [3.8, 4) is 5.75 Å². The molecule has 22 heavy (non-hydrogen) atoms. The first kappa shape index (κ1) is 18.7. The molecule has 0 radical (unpaired) electrons. The number of ether oxygens (including phenoxy) is 1. The van der Waals surface area contributed by atoms with Crippen LogP contribution in [0.2, 0.25) is 0 Å². The van der Waals surface area contributed by atoms with Crippen molar-refractivity contribution in [3.63, 3.8) is 0 Å². The van der Waals surface area contributed by atoms with E-state index < -0.39 is 11.7 Å². The molecule has 4 nitrogen and oxygen atoms in total. The molecule has 0 saturated heterocycles. The molecule has 1 aromatic rings. The minimum absolute atomic E-state index is 0. The van der Waals surface area contributed by atoms with E-state index in [1.165, 1.54) is 38.5 Å². The zero-order chi connectivity index (χ0) is 15.2. The van der Waals surface area contributed by atoms with Crippen molar-refractivity contribution in [2.75, 3.05) is 13.7 Å². The van der Waals surface area contributed by atoms with Gasteiger partial charge >= 0.3 is 0 Å². The zero-order valence-corrected chi connectivity index (χ0v) is 13.6. The van der Waals surface area contributed by atoms with Crippen molar-refractivity contribution in [2.45, 2.75) is 38.1 Å². The van der Waals surface area contributed by atoms with Gasteiger partial charge < -0.3 is 15.8 Å². The van der Waals surface area contributed by atoms with Gasteiger partial charge in [0.25, 0.3) is 5.91 Å². The number of nitrogens with one attached hydrogen (secondary N) is 1. The Morgan fingerprint density at radius 2 is 2.09 bits per heavy atom. The third-order valence-electron chi connectivity index (χ3n) is 4.21. The van der Waals surface area contributed by atoms with Gasteiger partial charge in [0.2, 0.25) is 0 Å². The quantitative estimate of drug-likeness (QED) is 0.872. The number of methoxy groups -OCH3 is 1. The maximum absolute atomic E-state index is 13.9. The minimum atomic E-state index is -0.578. The van der Waals surface area contributed by atoms with E-state index in [1.54, 1.807) is 6.07 Å². The molecule has 6 heteroatoms. The van der Waals surface area contributed by atoms with Crippen molar-refractivity contribution >= 4 is 18.3 Å². The van der Waals surface area contributed by atoms with Crippen LogP contribution in [0.4, 0.5) is 4.39 Å². The molecule has 1 saturated carbocycles. The lowest BCUT2D eigenvalue weighted by Crippen LogP contribution is -2.46. The van der Waals surface area contributed by atoms with Crippen LogP contribution >= 0.6 is 12.4 Å². The van der Waals surface area contributed by atoms with Crippen LogP contribution in [0.15, 0.2) is 18.2 Å². The number of carbonyl (C=O) groups is 1. The summed E-state index contributed by atoms with van der Waals surface area (Å²) in [5, 5.41) is 2.88. The van der Waals surface area contributed by atoms with Crippen molar-refractivity contribution in [3.05, 3.63) is 29.6 Å². The van der Waals surface area contributed by atoms with Gasteiger partial charge in [0.05, 0.1) is 7.11 Å². The predicted octanol–water partition coefficient (Wildman–Crippen LogP) is 2.89. The summed E-state index contributed by atoms with van der Waals surface area (Å²) in [5.41, 5.74) is 5.75. The Kier molecular flexibility index (Phi) is 7.62. The van der Waals surface area contributed by atoms with Crippen LogP contribution in [0, 0.1) is 11.7 Å². The Labute approximate surface area is 137 Å². The Morgan fingerprint density at radius 1 is 1.41 bits per heavy atom. The second kappa shape index (κ2) is 8.96. The Hall–Kier alpha value is -1.33. The fraction of sp³-hybridized carbons (Fsp3) is 0.562. The number of amides is 1. The van der Waals surface area contributed by atoms with Gasteiger partial charge in [-0.2, -0.15) is 0 Å². The van der Waals surface area contributed by atoms with Crippen LogP contribution in [-0.4, -0.2) is 25.6 Å². The lowest BCUT2D eigenvalue weighted by Gasteiger charge is -2.30. The molecular weight excluding hydrogens is 307 g/mol. The lowest BCUT2D eigenvalue weighted by molar-refractivity contribution is 0.0908. The van der Waals surface area contributed by atoms with E-state index in [0.717, 1.165) is 12.8 Å². The molecule has 124 valence electrons. The molecular formula is C16H24ClFN2O2.